The van der Waals surface area contributed by atoms with Crippen LogP contribution in [0.2, 0.25) is 0 Å². The van der Waals surface area contributed by atoms with Gasteiger partial charge in [-0.05, 0) is 20.3 Å². The van der Waals surface area contributed by atoms with Crippen LogP contribution in [0.5, 0.6) is 0 Å². The van der Waals surface area contributed by atoms with Crippen molar-refractivity contribution in [3.8, 4) is 0 Å². The minimum absolute atomic E-state index is 0.507. The second-order valence-corrected chi connectivity index (χ2v) is 2.40. The van der Waals surface area contributed by atoms with Crippen LogP contribution in [0, 0.1) is 0 Å². The molecular formula is C8H15NO2. The summed E-state index contributed by atoms with van der Waals surface area (Å²) in [5, 5.41) is 8.60. The first kappa shape index (κ1) is 10.0. The van der Waals surface area contributed by atoms with Crippen molar-refractivity contribution in [1.29, 1.82) is 0 Å². The Labute approximate surface area is 67.3 Å². The van der Waals surface area contributed by atoms with E-state index in [0.717, 1.165) is 12.0 Å². The van der Waals surface area contributed by atoms with Gasteiger partial charge in [0, 0.05) is 12.7 Å². The number of hydrogen-bond acceptors (Lipinski definition) is 1. The van der Waals surface area contributed by atoms with Crippen LogP contribution in [-0.4, -0.2) is 22.6 Å². The number of carbonyl (C=O) groups is 1. The number of allylic oxidation sites excluding steroid dienone is 1. The van der Waals surface area contributed by atoms with Gasteiger partial charge < -0.3 is 5.11 Å². The van der Waals surface area contributed by atoms with Crippen LogP contribution in [0.3, 0.4) is 0 Å². The lowest BCUT2D eigenvalue weighted by molar-refractivity contribution is 0.164. The number of amides is 1. The number of rotatable bonds is 3. The zero-order valence-corrected chi connectivity index (χ0v) is 7.29. The first-order valence-corrected chi connectivity index (χ1v) is 3.78. The van der Waals surface area contributed by atoms with E-state index in [1.807, 2.05) is 20.8 Å². The third-order valence-corrected chi connectivity index (χ3v) is 1.52. The van der Waals surface area contributed by atoms with E-state index in [1.165, 1.54) is 4.90 Å². The molecule has 0 aliphatic rings. The maximum atomic E-state index is 10.5. The lowest BCUT2D eigenvalue weighted by atomic mass is 10.2. The summed E-state index contributed by atoms with van der Waals surface area (Å²) in [5.41, 5.74) is 1.08. The minimum Gasteiger partial charge on any atom is -0.465 e. The molecule has 0 fully saturated rings. The molecule has 0 unspecified atom stereocenters. The van der Waals surface area contributed by atoms with Gasteiger partial charge in [0.1, 0.15) is 0 Å². The zero-order chi connectivity index (χ0) is 8.85. The van der Waals surface area contributed by atoms with Gasteiger partial charge >= 0.3 is 6.09 Å². The van der Waals surface area contributed by atoms with Crippen LogP contribution in [0.1, 0.15) is 27.2 Å². The third-order valence-electron chi connectivity index (χ3n) is 1.52. The van der Waals surface area contributed by atoms with E-state index in [0.29, 0.717) is 6.54 Å². The monoisotopic (exact) mass is 157 g/mol. The van der Waals surface area contributed by atoms with E-state index >= 15 is 0 Å². The van der Waals surface area contributed by atoms with E-state index in [2.05, 4.69) is 0 Å². The molecule has 0 aromatic rings. The smallest absolute Gasteiger partial charge is 0.411 e. The number of nitrogens with zero attached hydrogens (tertiary/aromatic N) is 1. The third kappa shape index (κ3) is 3.65. The molecule has 1 N–H and O–H groups in total. The van der Waals surface area contributed by atoms with Crippen LogP contribution in [0.4, 0.5) is 4.79 Å². The summed E-state index contributed by atoms with van der Waals surface area (Å²) in [7, 11) is 0. The summed E-state index contributed by atoms with van der Waals surface area (Å²) in [5.74, 6) is 0. The van der Waals surface area contributed by atoms with Crippen LogP contribution >= 0.6 is 0 Å². The summed E-state index contributed by atoms with van der Waals surface area (Å²) in [6.07, 6.45) is 1.67. The van der Waals surface area contributed by atoms with E-state index < -0.39 is 6.09 Å². The van der Waals surface area contributed by atoms with Crippen molar-refractivity contribution in [3.63, 3.8) is 0 Å². The molecule has 0 spiro atoms. The summed E-state index contributed by atoms with van der Waals surface area (Å²) in [6, 6.07) is 0. The average molecular weight is 157 g/mol. The fourth-order valence-electron chi connectivity index (χ4n) is 0.639. The molecule has 0 rings (SSSR count). The summed E-state index contributed by atoms with van der Waals surface area (Å²) in [6.45, 7) is 6.24. The SMILES string of the molecule is CC/C(C)=C\N(CC)C(=O)O. The van der Waals surface area contributed by atoms with Gasteiger partial charge in [0.15, 0.2) is 0 Å². The zero-order valence-electron chi connectivity index (χ0n) is 7.29. The highest BCUT2D eigenvalue weighted by molar-refractivity contribution is 5.66. The first-order valence-electron chi connectivity index (χ1n) is 3.78. The fraction of sp³-hybridized carbons (Fsp3) is 0.625. The molecule has 3 heteroatoms. The highest BCUT2D eigenvalue weighted by Crippen LogP contribution is 2.01. The van der Waals surface area contributed by atoms with Gasteiger partial charge in [-0.25, -0.2) is 4.79 Å². The molecule has 64 valence electrons. The number of carboxylic acid groups (broad SMARTS) is 1. The molecule has 0 aliphatic carbocycles. The molecule has 0 radical (unpaired) electrons. The molecule has 0 saturated carbocycles. The first-order chi connectivity index (χ1) is 5.11. The predicted octanol–water partition coefficient (Wildman–Crippen LogP) is 2.30. The predicted molar refractivity (Wildman–Crippen MR) is 44.5 cm³/mol. The van der Waals surface area contributed by atoms with Crippen LogP contribution in [-0.2, 0) is 0 Å². The molecule has 0 aliphatic heterocycles. The van der Waals surface area contributed by atoms with Gasteiger partial charge in [0.25, 0.3) is 0 Å². The second kappa shape index (κ2) is 4.77. The fourth-order valence-corrected chi connectivity index (χ4v) is 0.639. The van der Waals surface area contributed by atoms with E-state index in [4.69, 9.17) is 5.11 Å². The van der Waals surface area contributed by atoms with Crippen LogP contribution in [0.25, 0.3) is 0 Å². The molecule has 0 heterocycles. The van der Waals surface area contributed by atoms with Crippen molar-refractivity contribution in [1.82, 2.24) is 4.90 Å². The Hall–Kier alpha value is -0.990. The topological polar surface area (TPSA) is 40.5 Å². The van der Waals surface area contributed by atoms with Gasteiger partial charge in [0.2, 0.25) is 0 Å². The summed E-state index contributed by atoms with van der Waals surface area (Å²) < 4.78 is 0. The van der Waals surface area contributed by atoms with Crippen molar-refractivity contribution in [2.45, 2.75) is 27.2 Å². The molecule has 0 aromatic heterocycles. The molecule has 0 bridgehead atoms. The standard InChI is InChI=1S/C8H15NO2/c1-4-7(3)6-9(5-2)8(10)11/h6H,4-5H2,1-3H3,(H,10,11)/b7-6-. The van der Waals surface area contributed by atoms with Gasteiger partial charge in [-0.15, -0.1) is 0 Å². The van der Waals surface area contributed by atoms with Crippen molar-refractivity contribution in [2.24, 2.45) is 0 Å². The molecular weight excluding hydrogens is 142 g/mol. The maximum absolute atomic E-state index is 10.5. The molecule has 0 saturated heterocycles. The lowest BCUT2D eigenvalue weighted by Crippen LogP contribution is -2.23. The molecule has 1 amide bonds. The average Bonchev–Trinajstić information content (AvgIpc) is 1.99. The van der Waals surface area contributed by atoms with E-state index in [1.54, 1.807) is 6.20 Å². The Morgan fingerprint density at radius 3 is 2.36 bits per heavy atom. The Morgan fingerprint density at radius 1 is 1.55 bits per heavy atom. The quantitative estimate of drug-likeness (QED) is 0.682. The molecule has 0 atom stereocenters. The molecule has 3 nitrogen and oxygen atoms in total. The maximum Gasteiger partial charge on any atom is 0.411 e. The van der Waals surface area contributed by atoms with Crippen molar-refractivity contribution < 1.29 is 9.90 Å². The largest absolute Gasteiger partial charge is 0.465 e. The Balaban J connectivity index is 4.17. The number of hydrogen-bond donors (Lipinski definition) is 1. The van der Waals surface area contributed by atoms with Crippen molar-refractivity contribution in [2.75, 3.05) is 6.54 Å². The normalized spacial score (nSPS) is 11.4. The van der Waals surface area contributed by atoms with Crippen LogP contribution in [0.15, 0.2) is 11.8 Å². The van der Waals surface area contributed by atoms with Gasteiger partial charge in [-0.1, -0.05) is 12.5 Å². The van der Waals surface area contributed by atoms with Crippen molar-refractivity contribution in [3.05, 3.63) is 11.8 Å². The van der Waals surface area contributed by atoms with Gasteiger partial charge in [0.05, 0.1) is 0 Å². The second-order valence-electron chi connectivity index (χ2n) is 2.40. The van der Waals surface area contributed by atoms with E-state index in [-0.39, 0.29) is 0 Å². The Kier molecular flexibility index (Phi) is 4.34. The Bertz CT molecular complexity index is 163. The van der Waals surface area contributed by atoms with Gasteiger partial charge in [-0.3, -0.25) is 4.90 Å². The molecule has 0 aromatic carbocycles. The van der Waals surface area contributed by atoms with Gasteiger partial charge in [-0.2, -0.15) is 0 Å². The minimum atomic E-state index is -0.889. The lowest BCUT2D eigenvalue weighted by Gasteiger charge is -2.12. The Morgan fingerprint density at radius 2 is 2.09 bits per heavy atom. The highest BCUT2D eigenvalue weighted by atomic mass is 16.4. The summed E-state index contributed by atoms with van der Waals surface area (Å²) in [4.78, 5) is 11.7. The highest BCUT2D eigenvalue weighted by Gasteiger charge is 2.04. The van der Waals surface area contributed by atoms with Crippen LogP contribution < -0.4 is 0 Å². The molecule has 11 heavy (non-hydrogen) atoms. The van der Waals surface area contributed by atoms with E-state index in [9.17, 15) is 4.79 Å². The summed E-state index contributed by atoms with van der Waals surface area (Å²) >= 11 is 0. The van der Waals surface area contributed by atoms with Crippen molar-refractivity contribution >= 4 is 6.09 Å².